The minimum absolute atomic E-state index is 0.110. The summed E-state index contributed by atoms with van der Waals surface area (Å²) in [5.41, 5.74) is 4.11. The largest absolute Gasteiger partial charge is 0.459 e. The maximum atomic E-state index is 13.1. The molecule has 0 spiro atoms. The Morgan fingerprint density at radius 1 is 1.15 bits per heavy atom. The van der Waals surface area contributed by atoms with Crippen LogP contribution in [0.25, 0.3) is 10.9 Å². The van der Waals surface area contributed by atoms with Gasteiger partial charge in [-0.25, -0.2) is 0 Å². The van der Waals surface area contributed by atoms with Crippen molar-refractivity contribution in [3.05, 3.63) is 100.0 Å². The quantitative estimate of drug-likeness (QED) is 0.363. The lowest BCUT2D eigenvalue weighted by atomic mass is 10.0. The van der Waals surface area contributed by atoms with Crippen molar-refractivity contribution in [1.29, 1.82) is 0 Å². The highest BCUT2D eigenvalue weighted by molar-refractivity contribution is 7.98. The fraction of sp³-hybridized carbons (Fsp3) is 0.269. The van der Waals surface area contributed by atoms with Crippen LogP contribution in [0, 0.1) is 0 Å². The Kier molecular flexibility index (Phi) is 6.30. The number of rotatable bonds is 8. The van der Waals surface area contributed by atoms with Crippen LogP contribution in [-0.2, 0) is 25.3 Å². The van der Waals surface area contributed by atoms with E-state index in [9.17, 15) is 9.59 Å². The van der Waals surface area contributed by atoms with E-state index in [0.717, 1.165) is 41.5 Å². The summed E-state index contributed by atoms with van der Waals surface area (Å²) >= 11 is 1.67. The number of thioether (sulfide) groups is 1. The molecule has 1 amide bonds. The van der Waals surface area contributed by atoms with E-state index in [1.54, 1.807) is 35.0 Å². The second-order valence-corrected chi connectivity index (χ2v) is 9.27. The lowest BCUT2D eigenvalue weighted by Gasteiger charge is -2.22. The SMILES string of the molecule is O=C(c1ccco1)N(CCSCc1cc2cccc3c2n(c1=O)CCC3)Cc1ccccn1. The molecule has 168 valence electrons. The van der Waals surface area contributed by atoms with Crippen molar-refractivity contribution < 1.29 is 9.21 Å². The molecule has 0 saturated carbocycles. The van der Waals surface area contributed by atoms with Gasteiger partial charge < -0.3 is 13.9 Å². The molecule has 0 radical (unpaired) electrons. The highest BCUT2D eigenvalue weighted by Crippen LogP contribution is 2.25. The number of para-hydroxylation sites is 1. The lowest BCUT2D eigenvalue weighted by Crippen LogP contribution is -2.32. The van der Waals surface area contributed by atoms with Gasteiger partial charge in [0.2, 0.25) is 0 Å². The number of carbonyl (C=O) groups is 1. The van der Waals surface area contributed by atoms with Crippen molar-refractivity contribution in [3.8, 4) is 0 Å². The van der Waals surface area contributed by atoms with Crippen molar-refractivity contribution in [2.75, 3.05) is 12.3 Å². The van der Waals surface area contributed by atoms with Gasteiger partial charge in [0.05, 0.1) is 24.0 Å². The number of amides is 1. The molecule has 7 heteroatoms. The Bertz CT molecular complexity index is 1320. The molecule has 1 aliphatic rings. The van der Waals surface area contributed by atoms with E-state index in [4.69, 9.17) is 4.42 Å². The molecule has 4 aromatic rings. The number of nitrogens with zero attached hydrogens (tertiary/aromatic N) is 3. The van der Waals surface area contributed by atoms with E-state index in [-0.39, 0.29) is 11.5 Å². The average molecular weight is 460 g/mol. The normalized spacial score (nSPS) is 12.7. The topological polar surface area (TPSA) is 68.3 Å². The van der Waals surface area contributed by atoms with Gasteiger partial charge in [-0.2, -0.15) is 11.8 Å². The van der Waals surface area contributed by atoms with Gasteiger partial charge in [-0.05, 0) is 54.1 Å². The maximum absolute atomic E-state index is 13.1. The maximum Gasteiger partial charge on any atom is 0.289 e. The van der Waals surface area contributed by atoms with Gasteiger partial charge in [-0.15, -0.1) is 0 Å². The average Bonchev–Trinajstić information content (AvgIpc) is 3.39. The summed E-state index contributed by atoms with van der Waals surface area (Å²) in [5.74, 6) is 1.48. The molecule has 3 aromatic heterocycles. The molecule has 0 saturated heterocycles. The van der Waals surface area contributed by atoms with Crippen LogP contribution in [0.15, 0.2) is 76.3 Å². The molecule has 0 atom stereocenters. The molecule has 0 aliphatic carbocycles. The minimum Gasteiger partial charge on any atom is -0.459 e. The number of furan rings is 1. The Morgan fingerprint density at radius 2 is 2.09 bits per heavy atom. The zero-order chi connectivity index (χ0) is 22.6. The Balaban J connectivity index is 1.28. The van der Waals surface area contributed by atoms with E-state index in [2.05, 4.69) is 23.2 Å². The summed E-state index contributed by atoms with van der Waals surface area (Å²) in [5, 5.41) is 1.13. The predicted molar refractivity (Wildman–Crippen MR) is 130 cm³/mol. The first-order valence-electron chi connectivity index (χ1n) is 11.2. The smallest absolute Gasteiger partial charge is 0.289 e. The summed E-state index contributed by atoms with van der Waals surface area (Å²) in [7, 11) is 0. The zero-order valence-corrected chi connectivity index (χ0v) is 19.1. The van der Waals surface area contributed by atoms with Gasteiger partial charge in [0.1, 0.15) is 0 Å². The van der Waals surface area contributed by atoms with Crippen LogP contribution in [0.5, 0.6) is 0 Å². The highest BCUT2D eigenvalue weighted by atomic mass is 32.2. The first-order chi connectivity index (χ1) is 16.2. The molecule has 33 heavy (non-hydrogen) atoms. The van der Waals surface area contributed by atoms with Crippen molar-refractivity contribution in [1.82, 2.24) is 14.5 Å². The Hall–Kier alpha value is -3.32. The van der Waals surface area contributed by atoms with E-state index >= 15 is 0 Å². The third-order valence-corrected chi connectivity index (χ3v) is 6.95. The second-order valence-electron chi connectivity index (χ2n) is 8.16. The summed E-state index contributed by atoms with van der Waals surface area (Å²) in [6, 6.07) is 17.4. The van der Waals surface area contributed by atoms with Crippen LogP contribution in [0.2, 0.25) is 0 Å². The number of benzene rings is 1. The number of pyridine rings is 2. The van der Waals surface area contributed by atoms with Crippen LogP contribution in [-0.4, -0.2) is 32.7 Å². The molecule has 5 rings (SSSR count). The van der Waals surface area contributed by atoms with Crippen LogP contribution < -0.4 is 5.56 Å². The number of carbonyl (C=O) groups excluding carboxylic acids is 1. The van der Waals surface area contributed by atoms with E-state index in [1.807, 2.05) is 28.8 Å². The molecule has 0 unspecified atom stereocenters. The number of aromatic nitrogens is 2. The second kappa shape index (κ2) is 9.67. The van der Waals surface area contributed by atoms with Crippen molar-refractivity contribution >= 4 is 28.6 Å². The van der Waals surface area contributed by atoms with Crippen LogP contribution in [0.3, 0.4) is 0 Å². The van der Waals surface area contributed by atoms with Gasteiger partial charge in [-0.3, -0.25) is 14.6 Å². The fourth-order valence-corrected chi connectivity index (χ4v) is 5.30. The van der Waals surface area contributed by atoms with Gasteiger partial charge in [-0.1, -0.05) is 24.3 Å². The fourth-order valence-electron chi connectivity index (χ4n) is 4.38. The third kappa shape index (κ3) is 4.59. The summed E-state index contributed by atoms with van der Waals surface area (Å²) in [6.45, 7) is 1.72. The number of hydrogen-bond acceptors (Lipinski definition) is 5. The summed E-state index contributed by atoms with van der Waals surface area (Å²) in [4.78, 5) is 32.1. The number of aryl methyl sites for hydroxylation is 2. The van der Waals surface area contributed by atoms with Gasteiger partial charge in [0.15, 0.2) is 5.76 Å². The third-order valence-electron chi connectivity index (χ3n) is 5.96. The standard InChI is InChI=1S/C26H25N3O3S/c30-25-21(16-20-7-3-6-19-8-4-12-29(25)24(19)20)18-33-15-13-28(17-22-9-1-2-11-27-22)26(31)23-10-5-14-32-23/h1-3,5-7,9-11,14,16H,4,8,12-13,15,17-18H2. The van der Waals surface area contributed by atoms with E-state index in [1.165, 1.54) is 11.8 Å². The van der Waals surface area contributed by atoms with Crippen molar-refractivity contribution in [3.63, 3.8) is 0 Å². The molecule has 1 aliphatic heterocycles. The lowest BCUT2D eigenvalue weighted by molar-refractivity contribution is 0.0720. The first-order valence-corrected chi connectivity index (χ1v) is 12.3. The van der Waals surface area contributed by atoms with Gasteiger partial charge in [0, 0.05) is 36.4 Å². The Morgan fingerprint density at radius 3 is 2.91 bits per heavy atom. The molecule has 6 nitrogen and oxygen atoms in total. The van der Waals surface area contributed by atoms with E-state index < -0.39 is 0 Å². The van der Waals surface area contributed by atoms with E-state index in [0.29, 0.717) is 30.4 Å². The highest BCUT2D eigenvalue weighted by Gasteiger charge is 2.20. The molecule has 0 fully saturated rings. The predicted octanol–water partition coefficient (Wildman–Crippen LogP) is 4.51. The molecular formula is C26H25N3O3S. The van der Waals surface area contributed by atoms with Gasteiger partial charge >= 0.3 is 0 Å². The number of hydrogen-bond donors (Lipinski definition) is 0. The monoisotopic (exact) mass is 459 g/mol. The summed E-state index contributed by atoms with van der Waals surface area (Å²) in [6.07, 6.45) is 5.26. The minimum atomic E-state index is -0.158. The van der Waals surface area contributed by atoms with Crippen LogP contribution in [0.4, 0.5) is 0 Å². The molecule has 1 aromatic carbocycles. The Labute approximate surface area is 196 Å². The van der Waals surface area contributed by atoms with Crippen molar-refractivity contribution in [2.24, 2.45) is 0 Å². The summed E-state index contributed by atoms with van der Waals surface area (Å²) < 4.78 is 7.27. The molecule has 4 heterocycles. The van der Waals surface area contributed by atoms with Gasteiger partial charge in [0.25, 0.3) is 11.5 Å². The molecule has 0 bridgehead atoms. The molecular weight excluding hydrogens is 434 g/mol. The van der Waals surface area contributed by atoms with Crippen LogP contribution >= 0.6 is 11.8 Å². The van der Waals surface area contributed by atoms with Crippen molar-refractivity contribution in [2.45, 2.75) is 31.7 Å². The van der Waals surface area contributed by atoms with Crippen LogP contribution in [0.1, 0.15) is 33.8 Å². The molecule has 0 N–H and O–H groups in total. The zero-order valence-electron chi connectivity index (χ0n) is 18.3. The first kappa shape index (κ1) is 21.5.